The van der Waals surface area contributed by atoms with Gasteiger partial charge in [-0.05, 0) is 42.7 Å². The summed E-state index contributed by atoms with van der Waals surface area (Å²) in [7, 11) is 0. The zero-order valence-corrected chi connectivity index (χ0v) is 13.4. The highest BCUT2D eigenvalue weighted by molar-refractivity contribution is 6.30. The minimum Gasteiger partial charge on any atom is -0.410 e. The molecule has 6 heteroatoms. The summed E-state index contributed by atoms with van der Waals surface area (Å²) in [6, 6.07) is 10.8. The van der Waals surface area contributed by atoms with Gasteiger partial charge >= 0.3 is 6.09 Å². The normalized spacial score (nSPS) is 12.9. The van der Waals surface area contributed by atoms with Crippen molar-refractivity contribution < 1.29 is 9.53 Å². The molecule has 0 aliphatic carbocycles. The summed E-state index contributed by atoms with van der Waals surface area (Å²) in [4.78, 5) is 16.3. The number of aromatic nitrogens is 1. The molecule has 0 saturated heterocycles. The number of pyridine rings is 1. The van der Waals surface area contributed by atoms with Crippen molar-refractivity contribution >= 4 is 23.5 Å². The van der Waals surface area contributed by atoms with Gasteiger partial charge in [0, 0.05) is 30.2 Å². The second-order valence-electron chi connectivity index (χ2n) is 5.36. The number of nitrogens with zero attached hydrogens (tertiary/aromatic N) is 1. The fraction of sp³-hybridized carbons (Fsp3) is 0.294. The molecule has 0 atom stereocenters. The SMILES string of the molecule is O=C(NCCc1ccc2c(n1)NCCC2)Oc1cccc(Cl)c1. The Morgan fingerprint density at radius 2 is 2.26 bits per heavy atom. The Hall–Kier alpha value is -2.27. The third-order valence-electron chi connectivity index (χ3n) is 3.61. The molecule has 0 fully saturated rings. The molecule has 0 spiro atoms. The van der Waals surface area contributed by atoms with Gasteiger partial charge in [0.25, 0.3) is 0 Å². The lowest BCUT2D eigenvalue weighted by atomic mass is 10.1. The molecule has 0 bridgehead atoms. The average Bonchev–Trinajstić information content (AvgIpc) is 2.55. The van der Waals surface area contributed by atoms with Crippen LogP contribution in [0.25, 0.3) is 0 Å². The molecule has 2 N–H and O–H groups in total. The van der Waals surface area contributed by atoms with E-state index in [-0.39, 0.29) is 0 Å². The van der Waals surface area contributed by atoms with E-state index in [1.807, 2.05) is 6.07 Å². The van der Waals surface area contributed by atoms with Crippen molar-refractivity contribution in [3.8, 4) is 5.75 Å². The Labute approximate surface area is 140 Å². The predicted octanol–water partition coefficient (Wildman–Crippen LogP) is 3.42. The predicted molar refractivity (Wildman–Crippen MR) is 90.2 cm³/mol. The first-order valence-corrected chi connectivity index (χ1v) is 8.02. The van der Waals surface area contributed by atoms with Crippen molar-refractivity contribution in [3.05, 3.63) is 52.7 Å². The Morgan fingerprint density at radius 1 is 1.35 bits per heavy atom. The zero-order valence-electron chi connectivity index (χ0n) is 12.6. The van der Waals surface area contributed by atoms with Gasteiger partial charge in [-0.25, -0.2) is 9.78 Å². The summed E-state index contributed by atoms with van der Waals surface area (Å²) in [6.07, 6.45) is 2.37. The zero-order chi connectivity index (χ0) is 16.1. The lowest BCUT2D eigenvalue weighted by molar-refractivity contribution is 0.200. The van der Waals surface area contributed by atoms with E-state index in [9.17, 15) is 4.79 Å². The first-order valence-electron chi connectivity index (χ1n) is 7.64. The van der Waals surface area contributed by atoms with Gasteiger partial charge in [0.05, 0.1) is 0 Å². The molecular formula is C17H18ClN3O2. The minimum absolute atomic E-state index is 0.422. The number of hydrogen-bond donors (Lipinski definition) is 2. The topological polar surface area (TPSA) is 63.2 Å². The highest BCUT2D eigenvalue weighted by Crippen LogP contribution is 2.20. The van der Waals surface area contributed by atoms with Crippen LogP contribution in [0.2, 0.25) is 5.02 Å². The summed E-state index contributed by atoms with van der Waals surface area (Å²) in [6.45, 7) is 1.43. The molecular weight excluding hydrogens is 314 g/mol. The molecule has 23 heavy (non-hydrogen) atoms. The molecule has 0 radical (unpaired) electrons. The molecule has 5 nitrogen and oxygen atoms in total. The molecule has 2 heterocycles. The Balaban J connectivity index is 1.48. The van der Waals surface area contributed by atoms with Crippen molar-refractivity contribution in [1.29, 1.82) is 0 Å². The summed E-state index contributed by atoms with van der Waals surface area (Å²) in [5, 5.41) is 6.55. The van der Waals surface area contributed by atoms with Crippen molar-refractivity contribution in [2.45, 2.75) is 19.3 Å². The van der Waals surface area contributed by atoms with E-state index < -0.39 is 6.09 Å². The molecule has 1 aromatic carbocycles. The number of rotatable bonds is 4. The number of carbonyl (C=O) groups is 1. The largest absolute Gasteiger partial charge is 0.412 e. The number of nitrogens with one attached hydrogen (secondary N) is 2. The molecule has 2 aromatic rings. The smallest absolute Gasteiger partial charge is 0.410 e. The van der Waals surface area contributed by atoms with Crippen LogP contribution < -0.4 is 15.4 Å². The molecule has 1 aromatic heterocycles. The number of hydrogen-bond acceptors (Lipinski definition) is 4. The Kier molecular flexibility index (Phi) is 4.98. The fourth-order valence-corrected chi connectivity index (χ4v) is 2.65. The molecule has 1 aliphatic heterocycles. The lowest BCUT2D eigenvalue weighted by Gasteiger charge is -2.17. The van der Waals surface area contributed by atoms with Crippen LogP contribution in [-0.2, 0) is 12.8 Å². The lowest BCUT2D eigenvalue weighted by Crippen LogP contribution is -2.29. The molecule has 1 amide bonds. The number of halogens is 1. The van der Waals surface area contributed by atoms with Gasteiger partial charge in [-0.15, -0.1) is 0 Å². The molecule has 1 aliphatic rings. The molecule has 3 rings (SSSR count). The van der Waals surface area contributed by atoms with E-state index in [2.05, 4.69) is 21.7 Å². The first-order chi connectivity index (χ1) is 11.2. The van der Waals surface area contributed by atoms with E-state index in [1.54, 1.807) is 24.3 Å². The summed E-state index contributed by atoms with van der Waals surface area (Å²) in [5.74, 6) is 1.39. The van der Waals surface area contributed by atoms with Crippen LogP contribution >= 0.6 is 11.6 Å². The van der Waals surface area contributed by atoms with Crippen molar-refractivity contribution in [1.82, 2.24) is 10.3 Å². The number of amides is 1. The number of anilines is 1. The van der Waals surface area contributed by atoms with Gasteiger partial charge < -0.3 is 15.4 Å². The van der Waals surface area contributed by atoms with E-state index in [0.29, 0.717) is 23.7 Å². The first kappa shape index (κ1) is 15.6. The monoisotopic (exact) mass is 331 g/mol. The van der Waals surface area contributed by atoms with Gasteiger partial charge in [0.15, 0.2) is 0 Å². The Bertz CT molecular complexity index is 706. The van der Waals surface area contributed by atoms with Crippen LogP contribution in [0.3, 0.4) is 0 Å². The number of ether oxygens (including phenoxy) is 1. The summed E-state index contributed by atoms with van der Waals surface area (Å²) >= 11 is 5.84. The highest BCUT2D eigenvalue weighted by atomic mass is 35.5. The van der Waals surface area contributed by atoms with E-state index in [0.717, 1.165) is 30.9 Å². The van der Waals surface area contributed by atoms with Crippen molar-refractivity contribution in [2.24, 2.45) is 0 Å². The average molecular weight is 332 g/mol. The number of aryl methyl sites for hydroxylation is 1. The number of benzene rings is 1. The molecule has 120 valence electrons. The fourth-order valence-electron chi connectivity index (χ4n) is 2.47. The van der Waals surface area contributed by atoms with E-state index >= 15 is 0 Å². The van der Waals surface area contributed by atoms with Gasteiger partial charge in [0.2, 0.25) is 0 Å². The second kappa shape index (κ2) is 7.33. The second-order valence-corrected chi connectivity index (χ2v) is 5.80. The van der Waals surface area contributed by atoms with E-state index in [1.165, 1.54) is 5.56 Å². The molecule has 0 saturated carbocycles. The van der Waals surface area contributed by atoms with Crippen molar-refractivity contribution in [3.63, 3.8) is 0 Å². The number of fused-ring (bicyclic) bond motifs is 1. The van der Waals surface area contributed by atoms with Gasteiger partial charge in [-0.1, -0.05) is 23.7 Å². The van der Waals surface area contributed by atoms with Crippen LogP contribution in [-0.4, -0.2) is 24.2 Å². The van der Waals surface area contributed by atoms with E-state index in [4.69, 9.17) is 16.3 Å². The Morgan fingerprint density at radius 3 is 3.13 bits per heavy atom. The minimum atomic E-state index is -0.497. The van der Waals surface area contributed by atoms with Crippen LogP contribution in [0.15, 0.2) is 36.4 Å². The highest BCUT2D eigenvalue weighted by Gasteiger charge is 2.10. The van der Waals surface area contributed by atoms with Crippen LogP contribution in [0, 0.1) is 0 Å². The third kappa shape index (κ3) is 4.36. The maximum absolute atomic E-state index is 11.7. The molecule has 0 unspecified atom stereocenters. The summed E-state index contributed by atoms with van der Waals surface area (Å²) < 4.78 is 5.16. The van der Waals surface area contributed by atoms with Gasteiger partial charge in [-0.2, -0.15) is 0 Å². The quantitative estimate of drug-likeness (QED) is 0.901. The van der Waals surface area contributed by atoms with Gasteiger partial charge in [0.1, 0.15) is 11.6 Å². The maximum Gasteiger partial charge on any atom is 0.412 e. The van der Waals surface area contributed by atoms with Crippen LogP contribution in [0.1, 0.15) is 17.7 Å². The third-order valence-corrected chi connectivity index (χ3v) is 3.84. The van der Waals surface area contributed by atoms with Crippen LogP contribution in [0.4, 0.5) is 10.6 Å². The summed E-state index contributed by atoms with van der Waals surface area (Å²) in [5.41, 5.74) is 2.20. The van der Waals surface area contributed by atoms with Gasteiger partial charge in [-0.3, -0.25) is 0 Å². The van der Waals surface area contributed by atoms with Crippen LogP contribution in [0.5, 0.6) is 5.75 Å². The van der Waals surface area contributed by atoms with Crippen molar-refractivity contribution in [2.75, 3.05) is 18.4 Å². The number of carbonyl (C=O) groups excluding carboxylic acids is 1. The maximum atomic E-state index is 11.7. The standard InChI is InChI=1S/C17H18ClN3O2/c18-13-4-1-5-15(11-13)23-17(22)20-10-8-14-7-6-12-3-2-9-19-16(12)21-14/h1,4-7,11H,2-3,8-10H2,(H,19,21)(H,20,22).